The summed E-state index contributed by atoms with van der Waals surface area (Å²) in [4.78, 5) is 2.04. The fourth-order valence-electron chi connectivity index (χ4n) is 2.19. The Bertz CT molecular complexity index is 517. The van der Waals surface area contributed by atoms with Gasteiger partial charge in [0.15, 0.2) is 9.84 Å². The van der Waals surface area contributed by atoms with Crippen molar-refractivity contribution in [3.8, 4) is 5.75 Å². The maximum absolute atomic E-state index is 11.9. The molecule has 0 spiro atoms. The molecule has 0 unspecified atom stereocenters. The van der Waals surface area contributed by atoms with Crippen LogP contribution in [0, 0.1) is 0 Å². The number of sulfone groups is 1. The molecule has 0 aliphatic carbocycles. The number of nitrogens with zero attached hydrogens (tertiary/aromatic N) is 1. The van der Waals surface area contributed by atoms with Gasteiger partial charge >= 0.3 is 0 Å². The van der Waals surface area contributed by atoms with Crippen LogP contribution in [0.15, 0.2) is 24.3 Å². The Kier molecular flexibility index (Phi) is 7.53. The van der Waals surface area contributed by atoms with Gasteiger partial charge < -0.3 is 15.4 Å². The van der Waals surface area contributed by atoms with Gasteiger partial charge in [0.1, 0.15) is 5.75 Å². The zero-order valence-corrected chi connectivity index (χ0v) is 13.7. The highest BCUT2D eigenvalue weighted by Gasteiger charge is 2.15. The molecule has 2 N–H and O–H groups in total. The van der Waals surface area contributed by atoms with Crippen molar-refractivity contribution in [1.29, 1.82) is 0 Å². The topological polar surface area (TPSA) is 72.6 Å². The molecular formula is C15H26N2O3S. The minimum absolute atomic E-state index is 0.156. The molecule has 0 aliphatic heterocycles. The van der Waals surface area contributed by atoms with E-state index in [0.29, 0.717) is 19.5 Å². The molecule has 5 nitrogen and oxygen atoms in total. The molecule has 0 fully saturated rings. The van der Waals surface area contributed by atoms with Gasteiger partial charge in [0.05, 0.1) is 18.6 Å². The summed E-state index contributed by atoms with van der Waals surface area (Å²) in [6.45, 7) is 3.64. The monoisotopic (exact) mass is 314 g/mol. The van der Waals surface area contributed by atoms with Crippen LogP contribution >= 0.6 is 0 Å². The van der Waals surface area contributed by atoms with E-state index >= 15 is 0 Å². The van der Waals surface area contributed by atoms with Crippen LogP contribution in [-0.4, -0.2) is 46.7 Å². The molecule has 0 aliphatic rings. The molecule has 21 heavy (non-hydrogen) atoms. The van der Waals surface area contributed by atoms with Crippen LogP contribution in [0.2, 0.25) is 0 Å². The average molecular weight is 314 g/mol. The standard InChI is InChI=1S/C15H26N2O3S/c1-3-12-21(18,19)13-11-17(10-6-9-16)14-7-4-5-8-15(14)20-2/h4-5,7-8H,3,6,9-13,16H2,1-2H3. The average Bonchev–Trinajstić information content (AvgIpc) is 2.47. The Hall–Kier alpha value is -1.27. The van der Waals surface area contributed by atoms with E-state index in [1.807, 2.05) is 36.1 Å². The van der Waals surface area contributed by atoms with Crippen LogP contribution in [0.1, 0.15) is 19.8 Å². The first-order valence-electron chi connectivity index (χ1n) is 7.32. The number of hydrogen-bond donors (Lipinski definition) is 1. The molecule has 1 aromatic rings. The number of ether oxygens (including phenoxy) is 1. The van der Waals surface area contributed by atoms with Crippen molar-refractivity contribution < 1.29 is 13.2 Å². The minimum Gasteiger partial charge on any atom is -0.495 e. The lowest BCUT2D eigenvalue weighted by atomic mass is 10.2. The van der Waals surface area contributed by atoms with Gasteiger partial charge in [-0.3, -0.25) is 0 Å². The first-order valence-corrected chi connectivity index (χ1v) is 9.14. The molecule has 1 rings (SSSR count). The Morgan fingerprint density at radius 1 is 1.19 bits per heavy atom. The van der Waals surface area contributed by atoms with Crippen molar-refractivity contribution in [2.45, 2.75) is 19.8 Å². The normalized spacial score (nSPS) is 11.4. The van der Waals surface area contributed by atoms with Gasteiger partial charge in [-0.2, -0.15) is 0 Å². The molecule has 0 saturated heterocycles. The predicted molar refractivity (Wildman–Crippen MR) is 87.8 cm³/mol. The second-order valence-electron chi connectivity index (χ2n) is 4.95. The van der Waals surface area contributed by atoms with E-state index in [0.717, 1.165) is 24.4 Å². The van der Waals surface area contributed by atoms with E-state index in [9.17, 15) is 8.42 Å². The second kappa shape index (κ2) is 8.89. The summed E-state index contributed by atoms with van der Waals surface area (Å²) < 4.78 is 29.2. The lowest BCUT2D eigenvalue weighted by Crippen LogP contribution is -2.32. The van der Waals surface area contributed by atoms with Crippen molar-refractivity contribution in [2.24, 2.45) is 5.73 Å². The van der Waals surface area contributed by atoms with Crippen LogP contribution in [0.4, 0.5) is 5.69 Å². The van der Waals surface area contributed by atoms with E-state index in [2.05, 4.69) is 0 Å². The highest BCUT2D eigenvalue weighted by molar-refractivity contribution is 7.91. The van der Waals surface area contributed by atoms with Gasteiger partial charge in [-0.1, -0.05) is 19.1 Å². The Morgan fingerprint density at radius 2 is 1.90 bits per heavy atom. The maximum atomic E-state index is 11.9. The highest BCUT2D eigenvalue weighted by atomic mass is 32.2. The molecule has 1 aromatic carbocycles. The zero-order chi connectivity index (χ0) is 15.7. The molecule has 0 aromatic heterocycles. The lowest BCUT2D eigenvalue weighted by molar-refractivity contribution is 0.414. The van der Waals surface area contributed by atoms with Gasteiger partial charge in [0.25, 0.3) is 0 Å². The molecule has 6 heteroatoms. The molecule has 0 heterocycles. The molecule has 0 radical (unpaired) electrons. The minimum atomic E-state index is -2.99. The zero-order valence-electron chi connectivity index (χ0n) is 12.9. The number of hydrogen-bond acceptors (Lipinski definition) is 5. The van der Waals surface area contributed by atoms with E-state index in [1.165, 1.54) is 0 Å². The Labute approximate surface area is 128 Å². The molecule has 0 amide bonds. The van der Waals surface area contributed by atoms with Crippen LogP contribution in [0.3, 0.4) is 0 Å². The van der Waals surface area contributed by atoms with Crippen molar-refractivity contribution in [2.75, 3.05) is 43.1 Å². The lowest BCUT2D eigenvalue weighted by Gasteiger charge is -2.26. The smallest absolute Gasteiger partial charge is 0.152 e. The van der Waals surface area contributed by atoms with Gasteiger partial charge in [0, 0.05) is 18.8 Å². The number of benzene rings is 1. The summed E-state index contributed by atoms with van der Waals surface area (Å²) in [6.07, 6.45) is 1.46. The van der Waals surface area contributed by atoms with Crippen LogP contribution < -0.4 is 15.4 Å². The van der Waals surface area contributed by atoms with E-state index in [4.69, 9.17) is 10.5 Å². The van der Waals surface area contributed by atoms with Crippen LogP contribution in [0.25, 0.3) is 0 Å². The predicted octanol–water partition coefficient (Wildman–Crippen LogP) is 1.68. The summed E-state index contributed by atoms with van der Waals surface area (Å²) in [6, 6.07) is 7.65. The molecule has 0 atom stereocenters. The summed E-state index contributed by atoms with van der Waals surface area (Å²) in [5.41, 5.74) is 6.50. The third-order valence-electron chi connectivity index (χ3n) is 3.25. The van der Waals surface area contributed by atoms with Crippen LogP contribution in [-0.2, 0) is 9.84 Å². The third kappa shape index (κ3) is 5.93. The Morgan fingerprint density at radius 3 is 2.52 bits per heavy atom. The SMILES string of the molecule is CCCS(=O)(=O)CCN(CCCN)c1ccccc1OC. The van der Waals surface area contributed by atoms with E-state index < -0.39 is 9.84 Å². The van der Waals surface area contributed by atoms with Crippen molar-refractivity contribution in [1.82, 2.24) is 0 Å². The van der Waals surface area contributed by atoms with Crippen molar-refractivity contribution >= 4 is 15.5 Å². The summed E-state index contributed by atoms with van der Waals surface area (Å²) in [5, 5.41) is 0. The van der Waals surface area contributed by atoms with Crippen molar-refractivity contribution in [3.05, 3.63) is 24.3 Å². The number of methoxy groups -OCH3 is 1. The fraction of sp³-hybridized carbons (Fsp3) is 0.600. The fourth-order valence-corrected chi connectivity index (χ4v) is 3.51. The molecule has 120 valence electrons. The first kappa shape index (κ1) is 17.8. The highest BCUT2D eigenvalue weighted by Crippen LogP contribution is 2.27. The molecular weight excluding hydrogens is 288 g/mol. The number of para-hydroxylation sites is 2. The molecule has 0 saturated carbocycles. The number of rotatable bonds is 10. The summed E-state index contributed by atoms with van der Waals surface area (Å²) in [5.74, 6) is 1.15. The summed E-state index contributed by atoms with van der Waals surface area (Å²) >= 11 is 0. The molecule has 0 bridgehead atoms. The van der Waals surface area contributed by atoms with Crippen LogP contribution in [0.5, 0.6) is 5.75 Å². The maximum Gasteiger partial charge on any atom is 0.152 e. The Balaban J connectivity index is 2.85. The van der Waals surface area contributed by atoms with Gasteiger partial charge in [-0.05, 0) is 31.5 Å². The third-order valence-corrected chi connectivity index (χ3v) is 5.08. The quantitative estimate of drug-likeness (QED) is 0.711. The van der Waals surface area contributed by atoms with Crippen molar-refractivity contribution in [3.63, 3.8) is 0 Å². The second-order valence-corrected chi connectivity index (χ2v) is 7.26. The van der Waals surface area contributed by atoms with Gasteiger partial charge in [-0.25, -0.2) is 8.42 Å². The van der Waals surface area contributed by atoms with E-state index in [1.54, 1.807) is 7.11 Å². The van der Waals surface area contributed by atoms with E-state index in [-0.39, 0.29) is 11.5 Å². The number of anilines is 1. The largest absolute Gasteiger partial charge is 0.495 e. The van der Waals surface area contributed by atoms with Gasteiger partial charge in [-0.15, -0.1) is 0 Å². The number of nitrogens with two attached hydrogens (primary N) is 1. The van der Waals surface area contributed by atoms with Gasteiger partial charge in [0.2, 0.25) is 0 Å². The summed E-state index contributed by atoms with van der Waals surface area (Å²) in [7, 11) is -1.37. The first-order chi connectivity index (χ1) is 10.0.